The number of benzene rings is 1. The van der Waals surface area contributed by atoms with E-state index < -0.39 is 0 Å². The first-order valence-electron chi connectivity index (χ1n) is 6.47. The third-order valence-electron chi connectivity index (χ3n) is 4.80. The van der Waals surface area contributed by atoms with Gasteiger partial charge in [0.2, 0.25) is 0 Å². The Bertz CT molecular complexity index is 412. The Balaban J connectivity index is 2.05. The van der Waals surface area contributed by atoms with Gasteiger partial charge < -0.3 is 4.90 Å². The SMILES string of the molecule is Cc1ccccc1N1C(C)C2CCC1(C)C2. The van der Waals surface area contributed by atoms with E-state index in [1.807, 2.05) is 0 Å². The highest BCUT2D eigenvalue weighted by Crippen LogP contribution is 2.52. The number of hydrogen-bond acceptors (Lipinski definition) is 1. The van der Waals surface area contributed by atoms with Gasteiger partial charge >= 0.3 is 0 Å². The van der Waals surface area contributed by atoms with Crippen LogP contribution in [0.15, 0.2) is 24.3 Å². The maximum absolute atomic E-state index is 2.69. The molecular formula is C15H21N. The maximum Gasteiger partial charge on any atom is 0.0402 e. The summed E-state index contributed by atoms with van der Waals surface area (Å²) < 4.78 is 0. The van der Waals surface area contributed by atoms with E-state index in [-0.39, 0.29) is 0 Å². The van der Waals surface area contributed by atoms with Crippen LogP contribution in [-0.2, 0) is 0 Å². The maximum atomic E-state index is 2.69. The van der Waals surface area contributed by atoms with Crippen molar-refractivity contribution in [3.8, 4) is 0 Å². The van der Waals surface area contributed by atoms with Crippen molar-refractivity contribution in [2.45, 2.75) is 51.6 Å². The van der Waals surface area contributed by atoms with Crippen LogP contribution in [0.3, 0.4) is 0 Å². The molecular weight excluding hydrogens is 194 g/mol. The number of fused-ring (bicyclic) bond motifs is 2. The summed E-state index contributed by atoms with van der Waals surface area (Å²) in [5.41, 5.74) is 3.30. The lowest BCUT2D eigenvalue weighted by Crippen LogP contribution is -2.47. The second kappa shape index (κ2) is 3.26. The molecule has 0 amide bonds. The second-order valence-electron chi connectivity index (χ2n) is 5.90. The molecule has 0 radical (unpaired) electrons. The van der Waals surface area contributed by atoms with E-state index in [1.54, 1.807) is 0 Å². The molecule has 1 nitrogen and oxygen atoms in total. The van der Waals surface area contributed by atoms with Gasteiger partial charge in [-0.1, -0.05) is 18.2 Å². The lowest BCUT2D eigenvalue weighted by atomic mass is 9.95. The minimum atomic E-state index is 0.427. The molecule has 1 saturated heterocycles. The average molecular weight is 215 g/mol. The standard InChI is InChI=1S/C15H21N/c1-11-6-4-5-7-14(11)16-12(2)13-8-9-15(16,3)10-13/h4-7,12-13H,8-10H2,1-3H3. The van der Waals surface area contributed by atoms with Gasteiger partial charge in [0, 0.05) is 17.3 Å². The van der Waals surface area contributed by atoms with Gasteiger partial charge in [-0.2, -0.15) is 0 Å². The second-order valence-corrected chi connectivity index (χ2v) is 5.90. The van der Waals surface area contributed by atoms with Crippen molar-refractivity contribution in [1.29, 1.82) is 0 Å². The number of para-hydroxylation sites is 1. The zero-order valence-corrected chi connectivity index (χ0v) is 10.5. The normalized spacial score (nSPS) is 37.1. The molecule has 3 rings (SSSR count). The van der Waals surface area contributed by atoms with Crippen molar-refractivity contribution in [2.24, 2.45) is 5.92 Å². The van der Waals surface area contributed by atoms with Crippen molar-refractivity contribution in [2.75, 3.05) is 4.90 Å². The molecule has 3 atom stereocenters. The summed E-state index contributed by atoms with van der Waals surface area (Å²) in [5, 5.41) is 0. The molecule has 1 aliphatic heterocycles. The fourth-order valence-electron chi connectivity index (χ4n) is 3.94. The number of aryl methyl sites for hydroxylation is 1. The molecule has 0 N–H and O–H groups in total. The van der Waals surface area contributed by atoms with Gasteiger partial charge in [0.1, 0.15) is 0 Å². The number of rotatable bonds is 1. The third kappa shape index (κ3) is 1.24. The fourth-order valence-corrected chi connectivity index (χ4v) is 3.94. The average Bonchev–Trinajstić information content (AvgIpc) is 2.74. The van der Waals surface area contributed by atoms with Gasteiger partial charge in [0.25, 0.3) is 0 Å². The van der Waals surface area contributed by atoms with E-state index >= 15 is 0 Å². The predicted molar refractivity (Wildman–Crippen MR) is 68.9 cm³/mol. The largest absolute Gasteiger partial charge is 0.363 e. The van der Waals surface area contributed by atoms with Gasteiger partial charge in [0.05, 0.1) is 0 Å². The van der Waals surface area contributed by atoms with Crippen LogP contribution in [0, 0.1) is 12.8 Å². The van der Waals surface area contributed by atoms with Gasteiger partial charge in [-0.15, -0.1) is 0 Å². The van der Waals surface area contributed by atoms with E-state index in [9.17, 15) is 0 Å². The van der Waals surface area contributed by atoms with Crippen molar-refractivity contribution < 1.29 is 0 Å². The molecule has 3 unspecified atom stereocenters. The van der Waals surface area contributed by atoms with Gasteiger partial charge in [-0.25, -0.2) is 0 Å². The minimum absolute atomic E-state index is 0.427. The van der Waals surface area contributed by atoms with Crippen LogP contribution >= 0.6 is 0 Å². The summed E-state index contributed by atoms with van der Waals surface area (Å²) in [6.07, 6.45) is 4.19. The number of hydrogen-bond donors (Lipinski definition) is 0. The summed E-state index contributed by atoms with van der Waals surface area (Å²) in [6, 6.07) is 9.56. The molecule has 2 aliphatic rings. The minimum Gasteiger partial charge on any atom is -0.363 e. The highest BCUT2D eigenvalue weighted by Gasteiger charge is 2.51. The number of nitrogens with zero attached hydrogens (tertiary/aromatic N) is 1. The first-order valence-corrected chi connectivity index (χ1v) is 6.47. The van der Waals surface area contributed by atoms with Crippen molar-refractivity contribution in [1.82, 2.24) is 0 Å². The number of anilines is 1. The summed E-state index contributed by atoms with van der Waals surface area (Å²) in [6.45, 7) is 7.09. The molecule has 16 heavy (non-hydrogen) atoms. The molecule has 1 heterocycles. The van der Waals surface area contributed by atoms with Crippen LogP contribution in [0.25, 0.3) is 0 Å². The van der Waals surface area contributed by atoms with Crippen LogP contribution in [-0.4, -0.2) is 11.6 Å². The third-order valence-corrected chi connectivity index (χ3v) is 4.80. The predicted octanol–water partition coefficient (Wildman–Crippen LogP) is 3.76. The molecule has 2 fully saturated rings. The fraction of sp³-hybridized carbons (Fsp3) is 0.600. The van der Waals surface area contributed by atoms with E-state index in [2.05, 4.69) is 49.9 Å². The Hall–Kier alpha value is -0.980. The zero-order chi connectivity index (χ0) is 11.3. The Morgan fingerprint density at radius 1 is 1.31 bits per heavy atom. The smallest absolute Gasteiger partial charge is 0.0402 e. The first-order chi connectivity index (χ1) is 7.62. The quantitative estimate of drug-likeness (QED) is 0.689. The lowest BCUT2D eigenvalue weighted by Gasteiger charge is -2.42. The molecule has 0 spiro atoms. The summed E-state index contributed by atoms with van der Waals surface area (Å²) >= 11 is 0. The molecule has 1 aromatic carbocycles. The monoisotopic (exact) mass is 215 g/mol. The van der Waals surface area contributed by atoms with Crippen LogP contribution in [0.1, 0.15) is 38.7 Å². The van der Waals surface area contributed by atoms with Gasteiger partial charge in [-0.05, 0) is 57.6 Å². The summed E-state index contributed by atoms with van der Waals surface area (Å²) in [4.78, 5) is 2.69. The van der Waals surface area contributed by atoms with Crippen LogP contribution in [0.4, 0.5) is 5.69 Å². The lowest BCUT2D eigenvalue weighted by molar-refractivity contribution is 0.402. The molecule has 2 bridgehead atoms. The van der Waals surface area contributed by atoms with Gasteiger partial charge in [0.15, 0.2) is 0 Å². The van der Waals surface area contributed by atoms with Crippen molar-refractivity contribution in [3.63, 3.8) is 0 Å². The highest BCUT2D eigenvalue weighted by atomic mass is 15.3. The topological polar surface area (TPSA) is 3.24 Å². The molecule has 1 aromatic rings. The molecule has 1 heteroatoms. The van der Waals surface area contributed by atoms with Crippen LogP contribution in [0.5, 0.6) is 0 Å². The van der Waals surface area contributed by atoms with Crippen LogP contribution in [0.2, 0.25) is 0 Å². The molecule has 0 aromatic heterocycles. The van der Waals surface area contributed by atoms with Crippen LogP contribution < -0.4 is 4.90 Å². The summed E-state index contributed by atoms with van der Waals surface area (Å²) in [7, 11) is 0. The van der Waals surface area contributed by atoms with E-state index in [4.69, 9.17) is 0 Å². The van der Waals surface area contributed by atoms with E-state index in [1.165, 1.54) is 30.5 Å². The number of piperidine rings is 1. The van der Waals surface area contributed by atoms with Crippen molar-refractivity contribution >= 4 is 5.69 Å². The molecule has 1 saturated carbocycles. The first kappa shape index (κ1) is 10.2. The Morgan fingerprint density at radius 2 is 2.06 bits per heavy atom. The molecule has 86 valence electrons. The van der Waals surface area contributed by atoms with Crippen molar-refractivity contribution in [3.05, 3.63) is 29.8 Å². The Labute approximate surface area is 98.5 Å². The zero-order valence-electron chi connectivity index (χ0n) is 10.5. The Kier molecular flexibility index (Phi) is 2.07. The highest BCUT2D eigenvalue weighted by molar-refractivity contribution is 5.58. The van der Waals surface area contributed by atoms with E-state index in [0.717, 1.165) is 12.0 Å². The van der Waals surface area contributed by atoms with E-state index in [0.29, 0.717) is 5.54 Å². The molecule has 1 aliphatic carbocycles. The Morgan fingerprint density at radius 3 is 2.69 bits per heavy atom. The van der Waals surface area contributed by atoms with Gasteiger partial charge in [-0.3, -0.25) is 0 Å². The summed E-state index contributed by atoms with van der Waals surface area (Å²) in [5.74, 6) is 0.921.